The number of hydrogen-bond donors (Lipinski definition) is 1. The molecule has 1 heterocycles. The molecule has 1 aromatic heterocycles. The number of anilines is 2. The first-order valence-corrected chi connectivity index (χ1v) is 6.22. The molecule has 0 bridgehead atoms. The van der Waals surface area contributed by atoms with E-state index in [4.69, 9.17) is 5.26 Å². The molecule has 19 heavy (non-hydrogen) atoms. The molecule has 0 aliphatic rings. The SMILES string of the molecule is CC(C)(C)c1ccc(Nc2cnccc2C#N)cc1. The molecule has 0 aliphatic heterocycles. The Morgan fingerprint density at radius 1 is 1.11 bits per heavy atom. The monoisotopic (exact) mass is 251 g/mol. The lowest BCUT2D eigenvalue weighted by molar-refractivity contribution is 0.590. The van der Waals surface area contributed by atoms with E-state index in [1.165, 1.54) is 5.56 Å². The van der Waals surface area contributed by atoms with E-state index in [-0.39, 0.29) is 5.41 Å². The normalized spacial score (nSPS) is 10.8. The molecule has 0 aliphatic carbocycles. The van der Waals surface area contributed by atoms with Gasteiger partial charge in [-0.05, 0) is 29.2 Å². The summed E-state index contributed by atoms with van der Waals surface area (Å²) >= 11 is 0. The standard InChI is InChI=1S/C16H17N3/c1-16(2,3)13-4-6-14(7-5-13)19-15-11-18-9-8-12(15)10-17/h4-9,11,19H,1-3H3. The molecule has 0 spiro atoms. The molecule has 0 unspecified atom stereocenters. The largest absolute Gasteiger partial charge is 0.353 e. The maximum absolute atomic E-state index is 9.03. The van der Waals surface area contributed by atoms with Crippen LogP contribution in [0, 0.1) is 11.3 Å². The first-order chi connectivity index (χ1) is 9.00. The Bertz CT molecular complexity index is 601. The summed E-state index contributed by atoms with van der Waals surface area (Å²) in [6.45, 7) is 6.55. The molecule has 1 aromatic carbocycles. The van der Waals surface area contributed by atoms with Crippen molar-refractivity contribution in [3.05, 3.63) is 53.9 Å². The van der Waals surface area contributed by atoms with E-state index in [0.29, 0.717) is 5.56 Å². The van der Waals surface area contributed by atoms with Crippen LogP contribution < -0.4 is 5.32 Å². The molecule has 3 nitrogen and oxygen atoms in total. The predicted octanol–water partition coefficient (Wildman–Crippen LogP) is 3.99. The van der Waals surface area contributed by atoms with Gasteiger partial charge in [0.1, 0.15) is 6.07 Å². The second kappa shape index (κ2) is 5.11. The van der Waals surface area contributed by atoms with Crippen LogP contribution in [0.2, 0.25) is 0 Å². The van der Waals surface area contributed by atoms with Crippen molar-refractivity contribution in [2.24, 2.45) is 0 Å². The maximum atomic E-state index is 9.03. The summed E-state index contributed by atoms with van der Waals surface area (Å²) in [5.41, 5.74) is 3.70. The Morgan fingerprint density at radius 2 is 1.79 bits per heavy atom. The van der Waals surface area contributed by atoms with Crippen molar-refractivity contribution in [2.75, 3.05) is 5.32 Å². The number of benzene rings is 1. The van der Waals surface area contributed by atoms with E-state index < -0.39 is 0 Å². The van der Waals surface area contributed by atoms with E-state index >= 15 is 0 Å². The quantitative estimate of drug-likeness (QED) is 0.877. The third-order valence-corrected chi connectivity index (χ3v) is 2.97. The van der Waals surface area contributed by atoms with Gasteiger partial charge in [-0.2, -0.15) is 5.26 Å². The van der Waals surface area contributed by atoms with E-state index in [2.05, 4.69) is 49.3 Å². The predicted molar refractivity (Wildman–Crippen MR) is 77.4 cm³/mol. The highest BCUT2D eigenvalue weighted by Crippen LogP contribution is 2.25. The van der Waals surface area contributed by atoms with Gasteiger partial charge in [-0.1, -0.05) is 32.9 Å². The summed E-state index contributed by atoms with van der Waals surface area (Å²) in [6, 6.07) is 12.1. The van der Waals surface area contributed by atoms with Crippen molar-refractivity contribution in [1.29, 1.82) is 5.26 Å². The highest BCUT2D eigenvalue weighted by molar-refractivity contribution is 5.65. The van der Waals surface area contributed by atoms with Gasteiger partial charge in [-0.3, -0.25) is 4.98 Å². The lowest BCUT2D eigenvalue weighted by atomic mass is 9.87. The average molecular weight is 251 g/mol. The topological polar surface area (TPSA) is 48.7 Å². The van der Waals surface area contributed by atoms with Crippen LogP contribution in [0.4, 0.5) is 11.4 Å². The number of pyridine rings is 1. The molecule has 96 valence electrons. The van der Waals surface area contributed by atoms with E-state index in [9.17, 15) is 0 Å². The minimum atomic E-state index is 0.143. The van der Waals surface area contributed by atoms with E-state index in [0.717, 1.165) is 11.4 Å². The van der Waals surface area contributed by atoms with Gasteiger partial charge in [0, 0.05) is 11.9 Å². The van der Waals surface area contributed by atoms with Crippen LogP contribution in [0.5, 0.6) is 0 Å². The highest BCUT2D eigenvalue weighted by atomic mass is 14.9. The van der Waals surface area contributed by atoms with Crippen LogP contribution in [0.3, 0.4) is 0 Å². The Kier molecular flexibility index (Phi) is 3.52. The Hall–Kier alpha value is -2.34. The van der Waals surface area contributed by atoms with Gasteiger partial charge in [-0.15, -0.1) is 0 Å². The Morgan fingerprint density at radius 3 is 2.37 bits per heavy atom. The number of nitriles is 1. The second-order valence-corrected chi connectivity index (χ2v) is 5.49. The zero-order valence-corrected chi connectivity index (χ0v) is 11.4. The smallest absolute Gasteiger partial charge is 0.101 e. The average Bonchev–Trinajstić information content (AvgIpc) is 2.39. The fraction of sp³-hybridized carbons (Fsp3) is 0.250. The van der Waals surface area contributed by atoms with Crippen LogP contribution in [0.15, 0.2) is 42.7 Å². The zero-order chi connectivity index (χ0) is 13.9. The van der Waals surface area contributed by atoms with Gasteiger partial charge in [0.25, 0.3) is 0 Å². The number of nitrogens with zero attached hydrogens (tertiary/aromatic N) is 2. The molecule has 2 aromatic rings. The van der Waals surface area contributed by atoms with Crippen molar-refractivity contribution in [3.63, 3.8) is 0 Å². The number of aromatic nitrogens is 1. The summed E-state index contributed by atoms with van der Waals surface area (Å²) in [7, 11) is 0. The summed E-state index contributed by atoms with van der Waals surface area (Å²) in [5.74, 6) is 0. The van der Waals surface area contributed by atoms with Gasteiger partial charge in [0.2, 0.25) is 0 Å². The molecule has 0 amide bonds. The molecule has 0 fully saturated rings. The van der Waals surface area contributed by atoms with E-state index in [1.807, 2.05) is 12.1 Å². The number of rotatable bonds is 2. The van der Waals surface area contributed by atoms with Crippen LogP contribution in [0.1, 0.15) is 31.9 Å². The van der Waals surface area contributed by atoms with E-state index in [1.54, 1.807) is 18.5 Å². The molecule has 0 saturated heterocycles. The van der Waals surface area contributed by atoms with Gasteiger partial charge in [-0.25, -0.2) is 0 Å². The lowest BCUT2D eigenvalue weighted by Gasteiger charge is -2.19. The van der Waals surface area contributed by atoms with Crippen LogP contribution in [-0.2, 0) is 5.41 Å². The third-order valence-electron chi connectivity index (χ3n) is 2.97. The molecule has 0 saturated carbocycles. The minimum absolute atomic E-state index is 0.143. The molecule has 0 atom stereocenters. The van der Waals surface area contributed by atoms with Crippen LogP contribution in [0.25, 0.3) is 0 Å². The van der Waals surface area contributed by atoms with Crippen molar-refractivity contribution in [1.82, 2.24) is 4.98 Å². The maximum Gasteiger partial charge on any atom is 0.101 e. The summed E-state index contributed by atoms with van der Waals surface area (Å²) in [4.78, 5) is 4.03. The third kappa shape index (κ3) is 3.11. The van der Waals surface area contributed by atoms with Crippen molar-refractivity contribution in [3.8, 4) is 6.07 Å². The Labute approximate surface area is 113 Å². The van der Waals surface area contributed by atoms with Crippen molar-refractivity contribution in [2.45, 2.75) is 26.2 Å². The molecular weight excluding hydrogens is 234 g/mol. The number of nitrogens with one attached hydrogen (secondary N) is 1. The first kappa shape index (κ1) is 13.1. The molecule has 0 radical (unpaired) electrons. The van der Waals surface area contributed by atoms with Crippen molar-refractivity contribution < 1.29 is 0 Å². The molecule has 2 rings (SSSR count). The first-order valence-electron chi connectivity index (χ1n) is 6.22. The molecule has 1 N–H and O–H groups in total. The zero-order valence-electron chi connectivity index (χ0n) is 11.4. The summed E-state index contributed by atoms with van der Waals surface area (Å²) in [6.07, 6.45) is 3.28. The second-order valence-electron chi connectivity index (χ2n) is 5.49. The molecular formula is C16H17N3. The lowest BCUT2D eigenvalue weighted by Crippen LogP contribution is -2.10. The van der Waals surface area contributed by atoms with Gasteiger partial charge in [0.05, 0.1) is 17.4 Å². The minimum Gasteiger partial charge on any atom is -0.353 e. The summed E-state index contributed by atoms with van der Waals surface area (Å²) < 4.78 is 0. The highest BCUT2D eigenvalue weighted by Gasteiger charge is 2.12. The molecule has 3 heteroatoms. The fourth-order valence-electron chi connectivity index (χ4n) is 1.80. The number of hydrogen-bond acceptors (Lipinski definition) is 3. The fourth-order valence-corrected chi connectivity index (χ4v) is 1.80. The summed E-state index contributed by atoms with van der Waals surface area (Å²) in [5, 5.41) is 12.2. The van der Waals surface area contributed by atoms with Crippen molar-refractivity contribution >= 4 is 11.4 Å². The van der Waals surface area contributed by atoms with Gasteiger partial charge < -0.3 is 5.32 Å². The van der Waals surface area contributed by atoms with Crippen LogP contribution in [-0.4, -0.2) is 4.98 Å². The van der Waals surface area contributed by atoms with Crippen LogP contribution >= 0.6 is 0 Å². The van der Waals surface area contributed by atoms with Gasteiger partial charge in [0.15, 0.2) is 0 Å². The Balaban J connectivity index is 2.23. The van der Waals surface area contributed by atoms with Gasteiger partial charge >= 0.3 is 0 Å².